The molecule has 3 heterocycles. The van der Waals surface area contributed by atoms with Crippen molar-refractivity contribution in [3.05, 3.63) is 46.8 Å². The molecule has 6 nitrogen and oxygen atoms in total. The molecule has 174 valence electrons. The predicted molar refractivity (Wildman–Crippen MR) is 101 cm³/mol. The molecule has 4 rings (SSSR count). The minimum Gasteiger partial charge on any atom is -0.370 e. The lowest BCUT2D eigenvalue weighted by molar-refractivity contribution is -0.145. The minimum atomic E-state index is -4.62. The van der Waals surface area contributed by atoms with Crippen LogP contribution >= 0.6 is 24.8 Å². The van der Waals surface area contributed by atoms with Crippen molar-refractivity contribution in [2.45, 2.75) is 43.9 Å². The summed E-state index contributed by atoms with van der Waals surface area (Å²) < 4.78 is 85.9. The number of hydrogen-bond donors (Lipinski definition) is 1. The maximum absolute atomic E-state index is 14.0. The zero-order valence-electron chi connectivity index (χ0n) is 15.8. The van der Waals surface area contributed by atoms with Crippen molar-refractivity contribution in [1.29, 1.82) is 0 Å². The third-order valence-corrected chi connectivity index (χ3v) is 5.21. The minimum absolute atomic E-state index is 0. The van der Waals surface area contributed by atoms with E-state index in [9.17, 15) is 26.3 Å². The lowest BCUT2D eigenvalue weighted by atomic mass is 9.93. The van der Waals surface area contributed by atoms with E-state index in [0.717, 1.165) is 6.07 Å². The maximum atomic E-state index is 14.0. The Kier molecular flexibility index (Phi) is 7.85. The average Bonchev–Trinajstić information content (AvgIpc) is 3.09. The number of halogens is 8. The highest BCUT2D eigenvalue weighted by Crippen LogP contribution is 2.33. The van der Waals surface area contributed by atoms with Gasteiger partial charge in [-0.1, -0.05) is 0 Å². The molecule has 2 aliphatic heterocycles. The van der Waals surface area contributed by atoms with Gasteiger partial charge in [-0.05, 0) is 12.5 Å². The van der Waals surface area contributed by atoms with Crippen molar-refractivity contribution in [2.24, 2.45) is 5.73 Å². The first-order valence-electron chi connectivity index (χ1n) is 8.90. The Morgan fingerprint density at radius 3 is 2.35 bits per heavy atom. The zero-order chi connectivity index (χ0) is 20.9. The predicted octanol–water partition coefficient (Wildman–Crippen LogP) is 3.23. The van der Waals surface area contributed by atoms with Crippen molar-refractivity contribution in [3.8, 4) is 0 Å². The normalized spacial score (nSPS) is 24.2. The maximum Gasteiger partial charge on any atom is 0.453 e. The molecular weight excluding hydrogens is 475 g/mol. The van der Waals surface area contributed by atoms with Gasteiger partial charge < -0.3 is 10.5 Å². The zero-order valence-corrected chi connectivity index (χ0v) is 17.4. The molecule has 0 aliphatic carbocycles. The van der Waals surface area contributed by atoms with Crippen molar-refractivity contribution < 1.29 is 31.1 Å². The van der Waals surface area contributed by atoms with E-state index in [1.807, 2.05) is 4.90 Å². The fraction of sp³-hybridized carbons (Fsp3) is 0.529. The summed E-state index contributed by atoms with van der Waals surface area (Å²) in [4.78, 5) is 5.44. The molecule has 0 amide bonds. The lowest BCUT2D eigenvalue weighted by Crippen LogP contribution is -2.51. The number of ether oxygens (including phenoxy) is 1. The smallest absolute Gasteiger partial charge is 0.370 e. The third kappa shape index (κ3) is 5.08. The number of nitrogens with zero attached hydrogens (tertiary/aromatic N) is 4. The van der Waals surface area contributed by atoms with Gasteiger partial charge >= 0.3 is 6.18 Å². The first kappa shape index (κ1) is 25.7. The van der Waals surface area contributed by atoms with Crippen molar-refractivity contribution >= 4 is 24.8 Å². The molecule has 0 spiro atoms. The van der Waals surface area contributed by atoms with Crippen LogP contribution in [0.25, 0.3) is 0 Å². The van der Waals surface area contributed by atoms with Gasteiger partial charge in [0.2, 0.25) is 0 Å². The van der Waals surface area contributed by atoms with Crippen LogP contribution < -0.4 is 5.73 Å². The van der Waals surface area contributed by atoms with Gasteiger partial charge in [-0.2, -0.15) is 13.2 Å². The molecule has 3 atom stereocenters. The average molecular weight is 494 g/mol. The van der Waals surface area contributed by atoms with Gasteiger partial charge in [0.1, 0.15) is 17.7 Å². The van der Waals surface area contributed by atoms with Crippen LogP contribution in [0.5, 0.6) is 0 Å². The number of rotatable bonds is 2. The number of aromatic nitrogens is 3. The standard InChI is InChI=1S/C17H17F6N5O.2ClH/c18-10-5-12(20)11(19)4-9(10)15-13(24)3-8(7-29-15)27-1-2-28-14(6-27)25-16(26-28)17(21,22)23;;/h4-5,8,13,15H,1-3,6-7,24H2;2*1H/t8-,13+,15-;;/m1../s1. The van der Waals surface area contributed by atoms with Crippen LogP contribution in [-0.2, 0) is 24.0 Å². The molecule has 0 unspecified atom stereocenters. The van der Waals surface area contributed by atoms with E-state index in [0.29, 0.717) is 19.0 Å². The van der Waals surface area contributed by atoms with E-state index in [1.165, 1.54) is 4.68 Å². The highest BCUT2D eigenvalue weighted by atomic mass is 35.5. The summed E-state index contributed by atoms with van der Waals surface area (Å²) in [6.45, 7) is 0.884. The molecule has 14 heteroatoms. The molecule has 1 saturated heterocycles. The van der Waals surface area contributed by atoms with Crippen LogP contribution in [0.3, 0.4) is 0 Å². The van der Waals surface area contributed by atoms with Gasteiger partial charge in [0, 0.05) is 30.3 Å². The summed E-state index contributed by atoms with van der Waals surface area (Å²) in [5.41, 5.74) is 5.94. The van der Waals surface area contributed by atoms with Gasteiger partial charge in [0.15, 0.2) is 11.6 Å². The molecule has 0 saturated carbocycles. The van der Waals surface area contributed by atoms with Gasteiger partial charge in [-0.15, -0.1) is 29.9 Å². The second-order valence-electron chi connectivity index (χ2n) is 7.14. The Morgan fingerprint density at radius 2 is 1.71 bits per heavy atom. The molecule has 0 bridgehead atoms. The summed E-state index contributed by atoms with van der Waals surface area (Å²) in [7, 11) is 0. The topological polar surface area (TPSA) is 69.2 Å². The van der Waals surface area contributed by atoms with Crippen molar-refractivity contribution in [3.63, 3.8) is 0 Å². The SMILES string of the molecule is Cl.Cl.N[C@H]1C[C@@H](N2CCn3nc(C(F)(F)F)nc3C2)CO[C@@H]1c1cc(F)c(F)cc1F. The molecule has 1 aromatic carbocycles. The van der Waals surface area contributed by atoms with E-state index in [4.69, 9.17) is 10.5 Å². The summed E-state index contributed by atoms with van der Waals surface area (Å²) >= 11 is 0. The Labute approximate surface area is 185 Å². The van der Waals surface area contributed by atoms with E-state index in [2.05, 4.69) is 10.1 Å². The fourth-order valence-corrected chi connectivity index (χ4v) is 3.76. The van der Waals surface area contributed by atoms with Crippen LogP contribution in [0.15, 0.2) is 12.1 Å². The molecular formula is C17H19Cl2F6N5O. The molecule has 2 aliphatic rings. The van der Waals surface area contributed by atoms with E-state index in [-0.39, 0.29) is 61.9 Å². The van der Waals surface area contributed by atoms with Crippen LogP contribution in [0.1, 0.15) is 29.7 Å². The monoisotopic (exact) mass is 493 g/mol. The van der Waals surface area contributed by atoms with Crippen molar-refractivity contribution in [2.75, 3.05) is 13.2 Å². The van der Waals surface area contributed by atoms with E-state index < -0.39 is 41.6 Å². The Bertz CT molecular complexity index is 927. The lowest BCUT2D eigenvalue weighted by Gasteiger charge is -2.41. The Balaban J connectivity index is 0.00000171. The Morgan fingerprint density at radius 1 is 1.03 bits per heavy atom. The summed E-state index contributed by atoms with van der Waals surface area (Å²) in [5.74, 6) is -4.45. The summed E-state index contributed by atoms with van der Waals surface area (Å²) in [6, 6.07) is 0.230. The van der Waals surface area contributed by atoms with E-state index in [1.54, 1.807) is 0 Å². The van der Waals surface area contributed by atoms with Crippen LogP contribution in [-0.4, -0.2) is 44.9 Å². The number of hydrogen-bond acceptors (Lipinski definition) is 5. The second kappa shape index (κ2) is 9.49. The highest BCUT2D eigenvalue weighted by molar-refractivity contribution is 5.85. The molecule has 2 N–H and O–H groups in total. The number of alkyl halides is 3. The quantitative estimate of drug-likeness (QED) is 0.513. The number of fused-ring (bicyclic) bond motifs is 1. The number of benzene rings is 1. The van der Waals surface area contributed by atoms with Gasteiger partial charge in [-0.25, -0.2) is 22.8 Å². The van der Waals surface area contributed by atoms with Gasteiger partial charge in [-0.3, -0.25) is 4.90 Å². The molecule has 1 fully saturated rings. The van der Waals surface area contributed by atoms with Crippen LogP contribution in [0.2, 0.25) is 0 Å². The molecule has 31 heavy (non-hydrogen) atoms. The summed E-state index contributed by atoms with van der Waals surface area (Å²) in [5, 5.41) is 3.48. The largest absolute Gasteiger partial charge is 0.453 e. The van der Waals surface area contributed by atoms with Crippen LogP contribution in [0, 0.1) is 17.5 Å². The Hall–Kier alpha value is -1.60. The number of nitrogens with two attached hydrogens (primary N) is 1. The first-order chi connectivity index (χ1) is 13.6. The molecule has 2 aromatic rings. The fourth-order valence-electron chi connectivity index (χ4n) is 3.76. The first-order valence-corrected chi connectivity index (χ1v) is 8.90. The second-order valence-corrected chi connectivity index (χ2v) is 7.14. The third-order valence-electron chi connectivity index (χ3n) is 5.21. The highest BCUT2D eigenvalue weighted by Gasteiger charge is 2.40. The van der Waals surface area contributed by atoms with Gasteiger partial charge in [0.25, 0.3) is 5.82 Å². The molecule has 1 aromatic heterocycles. The van der Waals surface area contributed by atoms with E-state index >= 15 is 0 Å². The van der Waals surface area contributed by atoms with Crippen LogP contribution in [0.4, 0.5) is 26.3 Å². The van der Waals surface area contributed by atoms with Gasteiger partial charge in [0.05, 0.1) is 19.7 Å². The molecule has 0 radical (unpaired) electrons. The van der Waals surface area contributed by atoms with Crippen molar-refractivity contribution in [1.82, 2.24) is 19.7 Å². The summed E-state index contributed by atoms with van der Waals surface area (Å²) in [6.07, 6.45) is -5.23.